The van der Waals surface area contributed by atoms with Crippen LogP contribution >= 0.6 is 0 Å². The van der Waals surface area contributed by atoms with Crippen LogP contribution in [-0.4, -0.2) is 14.3 Å². The van der Waals surface area contributed by atoms with Gasteiger partial charge in [0.05, 0.1) is 0 Å². The average Bonchev–Trinajstić information content (AvgIpc) is 2.88. The van der Waals surface area contributed by atoms with Crippen LogP contribution in [0.4, 0.5) is 0 Å². The highest BCUT2D eigenvalue weighted by atomic mass is 32.2. The number of benzene rings is 1. The van der Waals surface area contributed by atoms with Gasteiger partial charge in [0.1, 0.15) is 5.75 Å². The van der Waals surface area contributed by atoms with Crippen LogP contribution in [0, 0.1) is 17.3 Å². The highest BCUT2D eigenvalue weighted by Gasteiger charge is 2.51. The summed E-state index contributed by atoms with van der Waals surface area (Å²) in [6.07, 6.45) is 6.87. The van der Waals surface area contributed by atoms with Gasteiger partial charge in [0.15, 0.2) is 0 Å². The van der Waals surface area contributed by atoms with Gasteiger partial charge in [-0.1, -0.05) is 25.1 Å². The maximum atomic E-state index is 11.8. The molecular formula is C21H27NO4S. The molecule has 146 valence electrons. The summed E-state index contributed by atoms with van der Waals surface area (Å²) in [6, 6.07) is 5.55. The lowest BCUT2D eigenvalue weighted by molar-refractivity contribution is -0.117. The summed E-state index contributed by atoms with van der Waals surface area (Å²) in [4.78, 5) is 11.0. The number of allylic oxidation sites excluding steroid dienone is 1. The van der Waals surface area contributed by atoms with E-state index in [2.05, 4.69) is 13.5 Å². The molecule has 0 radical (unpaired) electrons. The molecule has 0 saturated heterocycles. The maximum Gasteiger partial charge on any atom is 0.409 e. The van der Waals surface area contributed by atoms with Crippen molar-refractivity contribution < 1.29 is 17.4 Å². The van der Waals surface area contributed by atoms with Gasteiger partial charge in [-0.05, 0) is 85.0 Å². The molecule has 1 N–H and O–H groups in total. The van der Waals surface area contributed by atoms with Crippen molar-refractivity contribution in [3.05, 3.63) is 41.5 Å². The number of rotatable bonds is 3. The molecule has 2 saturated carbocycles. The van der Waals surface area contributed by atoms with E-state index in [4.69, 9.17) is 4.18 Å². The highest BCUT2D eigenvalue weighted by Crippen LogP contribution is 2.62. The van der Waals surface area contributed by atoms with Gasteiger partial charge in [0.2, 0.25) is 5.91 Å². The minimum atomic E-state index is -4.12. The first-order chi connectivity index (χ1) is 12.7. The quantitative estimate of drug-likeness (QED) is 0.797. The van der Waals surface area contributed by atoms with Crippen molar-refractivity contribution in [2.45, 2.75) is 58.3 Å². The zero-order chi connectivity index (χ0) is 19.4. The summed E-state index contributed by atoms with van der Waals surface area (Å²) in [6.45, 7) is 7.96. The molecule has 3 aliphatic carbocycles. The van der Waals surface area contributed by atoms with Gasteiger partial charge < -0.3 is 4.18 Å². The number of carbonyl (C=O) groups is 1. The Morgan fingerprint density at radius 1 is 1.26 bits per heavy atom. The zero-order valence-corrected chi connectivity index (χ0v) is 16.8. The van der Waals surface area contributed by atoms with E-state index in [1.807, 2.05) is 16.9 Å². The third-order valence-electron chi connectivity index (χ3n) is 6.91. The fourth-order valence-electron chi connectivity index (χ4n) is 5.89. The van der Waals surface area contributed by atoms with Gasteiger partial charge in [0.25, 0.3) is 0 Å². The molecule has 3 unspecified atom stereocenters. The van der Waals surface area contributed by atoms with Crippen molar-refractivity contribution in [2.24, 2.45) is 17.3 Å². The lowest BCUT2D eigenvalue weighted by Gasteiger charge is -2.49. The maximum absolute atomic E-state index is 11.8. The normalized spacial score (nSPS) is 32.2. The standard InChI is InChI=1S/C21H27NO4S/c1-13-8-10-21(3)11-9-18-17-7-5-16(26-27(24,25)22-14(2)23)12-15(17)4-6-19(18)20(13)21/h5,7,12,18-20H,1,4,6,8-11H2,2-3H3,(H,22,23)/t18?,19?,20?,21-/m0/s1. The average molecular weight is 390 g/mol. The fraction of sp³-hybridized carbons (Fsp3) is 0.571. The van der Waals surface area contributed by atoms with Gasteiger partial charge >= 0.3 is 10.3 Å². The number of hydrogen-bond donors (Lipinski definition) is 1. The molecule has 6 heteroatoms. The van der Waals surface area contributed by atoms with E-state index in [0.717, 1.165) is 26.2 Å². The summed E-state index contributed by atoms with van der Waals surface area (Å²) in [5.41, 5.74) is 4.33. The van der Waals surface area contributed by atoms with Gasteiger partial charge in [-0.25, -0.2) is 4.72 Å². The van der Waals surface area contributed by atoms with Crippen molar-refractivity contribution in [2.75, 3.05) is 0 Å². The topological polar surface area (TPSA) is 72.5 Å². The van der Waals surface area contributed by atoms with Crippen molar-refractivity contribution in [1.29, 1.82) is 0 Å². The summed E-state index contributed by atoms with van der Waals surface area (Å²) in [5, 5.41) is 0. The Morgan fingerprint density at radius 2 is 2.04 bits per heavy atom. The second-order valence-electron chi connectivity index (χ2n) is 8.69. The van der Waals surface area contributed by atoms with E-state index >= 15 is 0 Å². The number of fused-ring (bicyclic) bond motifs is 5. The molecule has 2 fully saturated rings. The Bertz CT molecular complexity index is 907. The van der Waals surface area contributed by atoms with E-state index in [1.54, 1.807) is 6.07 Å². The van der Waals surface area contributed by atoms with Gasteiger partial charge in [-0.2, -0.15) is 8.42 Å². The monoisotopic (exact) mass is 389 g/mol. The molecule has 4 atom stereocenters. The van der Waals surface area contributed by atoms with Crippen LogP contribution in [0.3, 0.4) is 0 Å². The largest absolute Gasteiger partial charge is 0.409 e. The number of carbonyl (C=O) groups excluding carboxylic acids is 1. The van der Waals surface area contributed by atoms with Crippen LogP contribution in [0.2, 0.25) is 0 Å². The second-order valence-corrected chi connectivity index (χ2v) is 9.97. The summed E-state index contributed by atoms with van der Waals surface area (Å²) >= 11 is 0. The number of hydrogen-bond acceptors (Lipinski definition) is 4. The number of aryl methyl sites for hydroxylation is 1. The Kier molecular flexibility index (Phi) is 4.37. The predicted octanol–water partition coefficient (Wildman–Crippen LogP) is 3.86. The molecule has 1 amide bonds. The number of nitrogens with one attached hydrogen (secondary N) is 1. The van der Waals surface area contributed by atoms with Gasteiger partial charge in [-0.15, -0.1) is 0 Å². The van der Waals surface area contributed by atoms with E-state index in [-0.39, 0.29) is 5.75 Å². The number of amides is 1. The Labute approximate surface area is 161 Å². The van der Waals surface area contributed by atoms with Crippen LogP contribution in [0.15, 0.2) is 30.4 Å². The zero-order valence-electron chi connectivity index (χ0n) is 16.0. The van der Waals surface area contributed by atoms with E-state index in [9.17, 15) is 13.2 Å². The third kappa shape index (κ3) is 3.28. The third-order valence-corrected chi connectivity index (χ3v) is 7.86. The van der Waals surface area contributed by atoms with E-state index in [1.165, 1.54) is 36.0 Å². The van der Waals surface area contributed by atoms with Crippen LogP contribution in [0.5, 0.6) is 5.75 Å². The molecule has 4 rings (SSSR count). The van der Waals surface area contributed by atoms with Crippen molar-refractivity contribution in [3.63, 3.8) is 0 Å². The highest BCUT2D eigenvalue weighted by molar-refractivity contribution is 7.85. The minimum absolute atomic E-state index is 0.256. The lowest BCUT2D eigenvalue weighted by Crippen LogP contribution is -2.40. The Balaban J connectivity index is 1.59. The van der Waals surface area contributed by atoms with Gasteiger partial charge in [0, 0.05) is 6.92 Å². The first kappa shape index (κ1) is 18.5. The molecule has 5 nitrogen and oxygen atoms in total. The van der Waals surface area contributed by atoms with E-state index < -0.39 is 16.2 Å². The SMILES string of the molecule is C=C1CC[C@@]2(C)CCC3c4ccc(OS(=O)(=O)NC(C)=O)cc4CCC3C12. The van der Waals surface area contributed by atoms with Crippen LogP contribution in [0.25, 0.3) is 0 Å². The van der Waals surface area contributed by atoms with E-state index in [0.29, 0.717) is 23.2 Å². The smallest absolute Gasteiger partial charge is 0.367 e. The summed E-state index contributed by atoms with van der Waals surface area (Å²) in [5.74, 6) is 1.36. The van der Waals surface area contributed by atoms with Crippen molar-refractivity contribution >= 4 is 16.2 Å². The molecule has 0 heterocycles. The first-order valence-corrected chi connectivity index (χ1v) is 11.1. The van der Waals surface area contributed by atoms with Crippen LogP contribution < -0.4 is 8.91 Å². The Hall–Kier alpha value is -1.82. The fourth-order valence-corrected chi connectivity index (χ4v) is 6.64. The van der Waals surface area contributed by atoms with Crippen LogP contribution in [-0.2, 0) is 21.5 Å². The van der Waals surface area contributed by atoms with Crippen molar-refractivity contribution in [3.8, 4) is 5.75 Å². The molecule has 0 aliphatic heterocycles. The van der Waals surface area contributed by atoms with Gasteiger partial charge in [-0.3, -0.25) is 4.79 Å². The molecular weight excluding hydrogens is 362 g/mol. The summed E-state index contributed by atoms with van der Waals surface area (Å²) < 4.78 is 30.5. The molecule has 3 aliphatic rings. The molecule has 1 aromatic carbocycles. The minimum Gasteiger partial charge on any atom is -0.367 e. The van der Waals surface area contributed by atoms with Crippen molar-refractivity contribution in [1.82, 2.24) is 4.72 Å². The lowest BCUT2D eigenvalue weighted by atomic mass is 9.55. The predicted molar refractivity (Wildman–Crippen MR) is 104 cm³/mol. The van der Waals surface area contributed by atoms with Crippen LogP contribution in [0.1, 0.15) is 63.0 Å². The Morgan fingerprint density at radius 3 is 2.78 bits per heavy atom. The molecule has 0 spiro atoms. The molecule has 27 heavy (non-hydrogen) atoms. The molecule has 0 bridgehead atoms. The second kappa shape index (κ2) is 6.36. The first-order valence-electron chi connectivity index (χ1n) is 9.72. The summed E-state index contributed by atoms with van der Waals surface area (Å²) in [7, 11) is -4.12. The molecule has 0 aromatic heterocycles. The molecule has 1 aromatic rings.